The lowest BCUT2D eigenvalue weighted by Gasteiger charge is -2.08. The summed E-state index contributed by atoms with van der Waals surface area (Å²) >= 11 is 1.38. The molecule has 1 aliphatic rings. The van der Waals surface area contributed by atoms with E-state index in [0.717, 1.165) is 29.1 Å². The minimum atomic E-state index is -0.279. The molecule has 0 bridgehead atoms. The fourth-order valence-electron chi connectivity index (χ4n) is 2.69. The molecule has 26 heavy (non-hydrogen) atoms. The Hall–Kier alpha value is -2.60. The highest BCUT2D eigenvalue weighted by Crippen LogP contribution is 2.40. The molecule has 1 aliphatic carbocycles. The van der Waals surface area contributed by atoms with Crippen LogP contribution in [-0.4, -0.2) is 21.4 Å². The molecule has 2 aromatic carbocycles. The van der Waals surface area contributed by atoms with Crippen LogP contribution < -0.4 is 5.32 Å². The molecule has 132 valence electrons. The Morgan fingerprint density at radius 3 is 2.58 bits per heavy atom. The van der Waals surface area contributed by atoms with Crippen molar-refractivity contribution in [2.24, 2.45) is 0 Å². The molecule has 0 saturated heterocycles. The quantitative estimate of drug-likeness (QED) is 0.647. The van der Waals surface area contributed by atoms with Crippen molar-refractivity contribution >= 4 is 23.5 Å². The Morgan fingerprint density at radius 1 is 1.15 bits per heavy atom. The van der Waals surface area contributed by atoms with E-state index in [1.54, 1.807) is 16.8 Å². The Kier molecular flexibility index (Phi) is 4.75. The molecule has 0 atom stereocenters. The number of halogens is 1. The number of nitrogens with one attached hydrogen (secondary N) is 1. The van der Waals surface area contributed by atoms with Crippen LogP contribution in [0.4, 0.5) is 10.2 Å². The van der Waals surface area contributed by atoms with Crippen molar-refractivity contribution in [3.05, 3.63) is 72.2 Å². The van der Waals surface area contributed by atoms with E-state index in [2.05, 4.69) is 10.4 Å². The molecule has 1 saturated carbocycles. The number of thioether (sulfide) groups is 1. The number of anilines is 1. The number of nitrogens with zero attached hydrogens (tertiary/aromatic N) is 2. The monoisotopic (exact) mass is 367 g/mol. The molecule has 1 heterocycles. The lowest BCUT2D eigenvalue weighted by Crippen LogP contribution is -2.16. The molecule has 3 aromatic rings. The van der Waals surface area contributed by atoms with Crippen LogP contribution in [0, 0.1) is 5.82 Å². The largest absolute Gasteiger partial charge is 0.310 e. The molecular weight excluding hydrogens is 349 g/mol. The number of aromatic nitrogens is 2. The van der Waals surface area contributed by atoms with E-state index >= 15 is 0 Å². The molecule has 1 aromatic heterocycles. The SMILES string of the molecule is O=C(CSc1ccc(F)cc1)Nc1cc(C2CC2)nn1-c1ccccc1. The normalized spacial score (nSPS) is 13.6. The summed E-state index contributed by atoms with van der Waals surface area (Å²) in [5.74, 6) is 1.05. The van der Waals surface area contributed by atoms with Crippen molar-refractivity contribution in [3.63, 3.8) is 0 Å². The first kappa shape index (κ1) is 16.8. The van der Waals surface area contributed by atoms with Crippen molar-refractivity contribution in [1.82, 2.24) is 9.78 Å². The van der Waals surface area contributed by atoms with E-state index in [4.69, 9.17) is 0 Å². The second-order valence-electron chi connectivity index (χ2n) is 6.27. The zero-order chi connectivity index (χ0) is 17.9. The van der Waals surface area contributed by atoms with Gasteiger partial charge in [0.05, 0.1) is 17.1 Å². The third kappa shape index (κ3) is 3.96. The maximum atomic E-state index is 13.0. The van der Waals surface area contributed by atoms with Gasteiger partial charge in [0.15, 0.2) is 0 Å². The number of rotatable bonds is 6. The van der Waals surface area contributed by atoms with Crippen molar-refractivity contribution in [2.75, 3.05) is 11.1 Å². The van der Waals surface area contributed by atoms with E-state index < -0.39 is 0 Å². The van der Waals surface area contributed by atoms with Gasteiger partial charge in [-0.3, -0.25) is 4.79 Å². The molecule has 1 N–H and O–H groups in total. The molecule has 4 nitrogen and oxygen atoms in total. The van der Waals surface area contributed by atoms with E-state index in [0.29, 0.717) is 11.7 Å². The third-order valence-corrected chi connectivity index (χ3v) is 5.19. The Bertz CT molecular complexity index is 905. The van der Waals surface area contributed by atoms with E-state index in [-0.39, 0.29) is 17.5 Å². The molecule has 0 unspecified atom stereocenters. The molecule has 6 heteroatoms. The summed E-state index contributed by atoms with van der Waals surface area (Å²) in [6.07, 6.45) is 2.30. The van der Waals surface area contributed by atoms with Crippen molar-refractivity contribution in [2.45, 2.75) is 23.7 Å². The lowest BCUT2D eigenvalue weighted by molar-refractivity contribution is -0.113. The fraction of sp³-hybridized carbons (Fsp3) is 0.200. The van der Waals surface area contributed by atoms with Gasteiger partial charge in [-0.15, -0.1) is 11.8 Å². The highest BCUT2D eigenvalue weighted by Gasteiger charge is 2.28. The third-order valence-electron chi connectivity index (χ3n) is 4.18. The van der Waals surface area contributed by atoms with Gasteiger partial charge in [0.2, 0.25) is 5.91 Å². The summed E-state index contributed by atoms with van der Waals surface area (Å²) in [5, 5.41) is 7.64. The number of carbonyl (C=O) groups excluding carboxylic acids is 1. The van der Waals surface area contributed by atoms with Crippen LogP contribution in [0.5, 0.6) is 0 Å². The first-order chi connectivity index (χ1) is 12.7. The van der Waals surface area contributed by atoms with E-state index in [1.807, 2.05) is 36.4 Å². The number of amides is 1. The number of hydrogen-bond acceptors (Lipinski definition) is 3. The van der Waals surface area contributed by atoms with Gasteiger partial charge in [0, 0.05) is 16.9 Å². The maximum absolute atomic E-state index is 13.0. The molecule has 0 radical (unpaired) electrons. The van der Waals surface area contributed by atoms with Gasteiger partial charge in [-0.1, -0.05) is 18.2 Å². The number of benzene rings is 2. The molecule has 1 amide bonds. The van der Waals surface area contributed by atoms with Gasteiger partial charge in [0.1, 0.15) is 11.6 Å². The molecule has 1 fully saturated rings. The van der Waals surface area contributed by atoms with Crippen LogP contribution in [0.3, 0.4) is 0 Å². The molecular formula is C20H18FN3OS. The van der Waals surface area contributed by atoms with E-state index in [9.17, 15) is 9.18 Å². The first-order valence-corrected chi connectivity index (χ1v) is 9.51. The summed E-state index contributed by atoms with van der Waals surface area (Å²) in [5.41, 5.74) is 1.94. The van der Waals surface area contributed by atoms with Crippen LogP contribution in [0.15, 0.2) is 65.6 Å². The standard InChI is InChI=1S/C20H18FN3OS/c21-15-8-10-17(11-9-15)26-13-20(25)22-19-12-18(14-6-7-14)23-24(19)16-4-2-1-3-5-16/h1-5,8-12,14H,6-7,13H2,(H,22,25). The second-order valence-corrected chi connectivity index (χ2v) is 7.32. The van der Waals surface area contributed by atoms with E-state index in [1.165, 1.54) is 23.9 Å². The van der Waals surface area contributed by atoms with Gasteiger partial charge in [0.25, 0.3) is 0 Å². The minimum absolute atomic E-state index is 0.112. The van der Waals surface area contributed by atoms with Crippen LogP contribution >= 0.6 is 11.8 Å². The lowest BCUT2D eigenvalue weighted by atomic mass is 10.3. The average molecular weight is 367 g/mol. The first-order valence-electron chi connectivity index (χ1n) is 8.52. The summed E-state index contributed by atoms with van der Waals surface area (Å²) in [6.45, 7) is 0. The zero-order valence-corrected chi connectivity index (χ0v) is 14.9. The van der Waals surface area contributed by atoms with Crippen LogP contribution in [0.25, 0.3) is 5.69 Å². The van der Waals surface area contributed by atoms with Crippen molar-refractivity contribution < 1.29 is 9.18 Å². The van der Waals surface area contributed by atoms with Crippen LogP contribution in [0.2, 0.25) is 0 Å². The Morgan fingerprint density at radius 2 is 1.88 bits per heavy atom. The number of para-hydroxylation sites is 1. The average Bonchev–Trinajstić information content (AvgIpc) is 3.43. The highest BCUT2D eigenvalue weighted by atomic mass is 32.2. The van der Waals surface area contributed by atoms with Gasteiger partial charge >= 0.3 is 0 Å². The van der Waals surface area contributed by atoms with Crippen LogP contribution in [-0.2, 0) is 4.79 Å². The van der Waals surface area contributed by atoms with Crippen molar-refractivity contribution in [3.8, 4) is 5.69 Å². The van der Waals surface area contributed by atoms with Gasteiger partial charge in [-0.25, -0.2) is 9.07 Å². The Balaban J connectivity index is 1.48. The second kappa shape index (κ2) is 7.33. The van der Waals surface area contributed by atoms with Crippen molar-refractivity contribution in [1.29, 1.82) is 0 Å². The topological polar surface area (TPSA) is 46.9 Å². The van der Waals surface area contributed by atoms with Gasteiger partial charge < -0.3 is 5.32 Å². The summed E-state index contributed by atoms with van der Waals surface area (Å²) in [7, 11) is 0. The fourth-order valence-corrected chi connectivity index (χ4v) is 3.39. The number of carbonyl (C=O) groups is 1. The highest BCUT2D eigenvalue weighted by molar-refractivity contribution is 8.00. The molecule has 0 aliphatic heterocycles. The number of hydrogen-bond donors (Lipinski definition) is 1. The summed E-state index contributed by atoms with van der Waals surface area (Å²) in [6, 6.07) is 17.9. The smallest absolute Gasteiger partial charge is 0.235 e. The molecule has 4 rings (SSSR count). The van der Waals surface area contributed by atoms with Gasteiger partial charge in [-0.05, 0) is 49.2 Å². The summed E-state index contributed by atoms with van der Waals surface area (Å²) < 4.78 is 14.7. The predicted octanol–water partition coefficient (Wildman–Crippen LogP) is 4.62. The van der Waals surface area contributed by atoms with Gasteiger partial charge in [-0.2, -0.15) is 5.10 Å². The van der Waals surface area contributed by atoms with Crippen LogP contribution in [0.1, 0.15) is 24.5 Å². The predicted molar refractivity (Wildman–Crippen MR) is 101 cm³/mol. The Labute approximate surface area is 155 Å². The molecule has 0 spiro atoms. The maximum Gasteiger partial charge on any atom is 0.235 e. The summed E-state index contributed by atoms with van der Waals surface area (Å²) in [4.78, 5) is 13.2. The zero-order valence-electron chi connectivity index (χ0n) is 14.1. The minimum Gasteiger partial charge on any atom is -0.310 e.